The number of rotatable bonds is 4. The number of hydrogen-bond acceptors (Lipinski definition) is 8. The minimum Gasteiger partial charge on any atom is -0.444 e. The van der Waals surface area contributed by atoms with E-state index in [9.17, 15) is 4.79 Å². The Morgan fingerprint density at radius 1 is 1.00 bits per heavy atom. The molecule has 2 aromatic heterocycles. The molecular formula is C26H36N8O2. The van der Waals surface area contributed by atoms with Crippen LogP contribution < -0.4 is 10.2 Å². The van der Waals surface area contributed by atoms with E-state index < -0.39 is 5.60 Å². The van der Waals surface area contributed by atoms with Gasteiger partial charge in [-0.05, 0) is 64.9 Å². The number of piperidine rings is 1. The first-order chi connectivity index (χ1) is 17.2. The Morgan fingerprint density at radius 2 is 1.69 bits per heavy atom. The van der Waals surface area contributed by atoms with Crippen molar-refractivity contribution in [3.63, 3.8) is 0 Å². The highest BCUT2D eigenvalue weighted by Gasteiger charge is 2.28. The van der Waals surface area contributed by atoms with E-state index in [0.29, 0.717) is 19.0 Å². The Bertz CT molecular complexity index is 1190. The summed E-state index contributed by atoms with van der Waals surface area (Å²) in [6, 6.07) is 8.62. The number of carbonyl (C=O) groups is 1. The lowest BCUT2D eigenvalue weighted by atomic mass is 10.1. The van der Waals surface area contributed by atoms with Gasteiger partial charge in [-0.3, -0.25) is 0 Å². The van der Waals surface area contributed by atoms with Gasteiger partial charge in [-0.25, -0.2) is 14.5 Å². The molecule has 2 fully saturated rings. The molecule has 1 N–H and O–H groups in total. The van der Waals surface area contributed by atoms with Crippen LogP contribution in [-0.2, 0) is 4.74 Å². The van der Waals surface area contributed by atoms with Crippen molar-refractivity contribution < 1.29 is 9.53 Å². The molecule has 2 aliphatic rings. The highest BCUT2D eigenvalue weighted by atomic mass is 16.6. The SMILES string of the molecule is CN1CCN(c2ccc(Nc3ncc4cnn(C5CCN(C(=O)OC(C)(C)C)CC5)c4n3)cc2)CC1. The minimum atomic E-state index is -0.489. The molecule has 0 spiro atoms. The van der Waals surface area contributed by atoms with Crippen molar-refractivity contribution in [1.29, 1.82) is 0 Å². The standard InChI is InChI=1S/C26H36N8O2/c1-26(2,3)36-25(35)33-11-9-22(10-12-33)34-23-19(18-28-34)17-27-24(30-23)29-20-5-7-21(8-6-20)32-15-13-31(4)14-16-32/h5-8,17-18,22H,9-16H2,1-4H3,(H,27,29,30). The van der Waals surface area contributed by atoms with Crippen molar-refractivity contribution >= 4 is 34.4 Å². The Morgan fingerprint density at radius 3 is 2.36 bits per heavy atom. The molecule has 10 nitrogen and oxygen atoms in total. The molecule has 10 heteroatoms. The Kier molecular flexibility index (Phi) is 6.70. The van der Waals surface area contributed by atoms with Crippen LogP contribution in [0, 0.1) is 0 Å². The number of amides is 1. The topological polar surface area (TPSA) is 91.7 Å². The monoisotopic (exact) mass is 492 g/mol. The molecule has 0 saturated carbocycles. The van der Waals surface area contributed by atoms with Crippen LogP contribution >= 0.6 is 0 Å². The normalized spacial score (nSPS) is 18.0. The van der Waals surface area contributed by atoms with Crippen molar-refractivity contribution in [3.8, 4) is 0 Å². The summed E-state index contributed by atoms with van der Waals surface area (Å²) in [4.78, 5) is 28.2. The highest BCUT2D eigenvalue weighted by molar-refractivity contribution is 5.75. The van der Waals surface area contributed by atoms with E-state index in [1.165, 1.54) is 5.69 Å². The predicted octanol–water partition coefficient (Wildman–Crippen LogP) is 3.89. The van der Waals surface area contributed by atoms with Gasteiger partial charge in [0, 0.05) is 56.8 Å². The van der Waals surface area contributed by atoms with Gasteiger partial charge >= 0.3 is 6.09 Å². The van der Waals surface area contributed by atoms with Crippen molar-refractivity contribution in [2.75, 3.05) is 56.5 Å². The number of nitrogens with one attached hydrogen (secondary N) is 1. The zero-order valence-electron chi connectivity index (χ0n) is 21.6. The average Bonchev–Trinajstić information content (AvgIpc) is 3.27. The molecule has 1 aromatic carbocycles. The fourth-order valence-corrected chi connectivity index (χ4v) is 4.73. The number of carbonyl (C=O) groups excluding carboxylic acids is 1. The maximum atomic E-state index is 12.4. The summed E-state index contributed by atoms with van der Waals surface area (Å²) < 4.78 is 7.50. The van der Waals surface area contributed by atoms with E-state index in [1.807, 2.05) is 37.8 Å². The van der Waals surface area contributed by atoms with Crippen LogP contribution in [0.5, 0.6) is 0 Å². The Labute approximate surface area is 212 Å². The molecule has 2 aliphatic heterocycles. The summed E-state index contributed by atoms with van der Waals surface area (Å²) in [5.41, 5.74) is 2.50. The molecule has 2 saturated heterocycles. The summed E-state index contributed by atoms with van der Waals surface area (Å²) in [6.45, 7) is 11.2. The van der Waals surface area contributed by atoms with E-state index in [2.05, 4.69) is 56.5 Å². The molecule has 0 aliphatic carbocycles. The van der Waals surface area contributed by atoms with Crippen molar-refractivity contribution in [2.45, 2.75) is 45.3 Å². The summed E-state index contributed by atoms with van der Waals surface area (Å²) in [5.74, 6) is 0.544. The number of nitrogens with zero attached hydrogens (tertiary/aromatic N) is 7. The lowest BCUT2D eigenvalue weighted by Crippen LogP contribution is -2.44. The third-order valence-corrected chi connectivity index (χ3v) is 6.79. The summed E-state index contributed by atoms with van der Waals surface area (Å²) >= 11 is 0. The average molecular weight is 493 g/mol. The van der Waals surface area contributed by atoms with Crippen LogP contribution in [0.1, 0.15) is 39.7 Å². The second kappa shape index (κ2) is 9.93. The van der Waals surface area contributed by atoms with E-state index >= 15 is 0 Å². The third-order valence-electron chi connectivity index (χ3n) is 6.79. The first-order valence-corrected chi connectivity index (χ1v) is 12.7. The lowest BCUT2D eigenvalue weighted by Gasteiger charge is -2.34. The van der Waals surface area contributed by atoms with Gasteiger partial charge in [-0.2, -0.15) is 10.1 Å². The van der Waals surface area contributed by atoms with E-state index in [-0.39, 0.29) is 12.1 Å². The number of benzene rings is 1. The van der Waals surface area contributed by atoms with E-state index in [0.717, 1.165) is 55.7 Å². The lowest BCUT2D eigenvalue weighted by molar-refractivity contribution is 0.0186. The van der Waals surface area contributed by atoms with Crippen molar-refractivity contribution in [2.24, 2.45) is 0 Å². The number of anilines is 3. The van der Waals surface area contributed by atoms with Gasteiger partial charge in [0.25, 0.3) is 0 Å². The van der Waals surface area contributed by atoms with Crippen LogP contribution in [0.15, 0.2) is 36.7 Å². The highest BCUT2D eigenvalue weighted by Crippen LogP contribution is 2.27. The van der Waals surface area contributed by atoms with Crippen molar-refractivity contribution in [1.82, 2.24) is 29.5 Å². The zero-order valence-corrected chi connectivity index (χ0v) is 21.6. The van der Waals surface area contributed by atoms with Gasteiger partial charge in [0.05, 0.1) is 17.6 Å². The summed E-state index contributed by atoms with van der Waals surface area (Å²) in [7, 11) is 2.17. The second-order valence-electron chi connectivity index (χ2n) is 10.7. The predicted molar refractivity (Wildman–Crippen MR) is 141 cm³/mol. The Balaban J connectivity index is 1.24. The number of likely N-dealkylation sites (tertiary alicyclic amines) is 1. The van der Waals surface area contributed by atoms with Crippen LogP contribution in [0.3, 0.4) is 0 Å². The van der Waals surface area contributed by atoms with Gasteiger partial charge in [0.1, 0.15) is 5.60 Å². The van der Waals surface area contributed by atoms with E-state index in [1.54, 1.807) is 4.90 Å². The smallest absolute Gasteiger partial charge is 0.410 e. The summed E-state index contributed by atoms with van der Waals surface area (Å²) in [5, 5.41) is 8.85. The van der Waals surface area contributed by atoms with Gasteiger partial charge in [-0.15, -0.1) is 0 Å². The number of piperazine rings is 1. The maximum absolute atomic E-state index is 12.4. The Hall–Kier alpha value is -3.40. The number of ether oxygens (including phenoxy) is 1. The molecule has 192 valence electrons. The molecule has 4 heterocycles. The molecular weight excluding hydrogens is 456 g/mol. The molecule has 5 rings (SSSR count). The zero-order chi connectivity index (χ0) is 25.3. The molecule has 36 heavy (non-hydrogen) atoms. The molecule has 0 bridgehead atoms. The second-order valence-corrected chi connectivity index (χ2v) is 10.7. The van der Waals surface area contributed by atoms with Crippen LogP contribution in [0.25, 0.3) is 11.0 Å². The van der Waals surface area contributed by atoms with E-state index in [4.69, 9.17) is 9.72 Å². The molecule has 0 atom stereocenters. The molecule has 0 unspecified atom stereocenters. The third kappa shape index (κ3) is 5.53. The largest absolute Gasteiger partial charge is 0.444 e. The van der Waals surface area contributed by atoms with Crippen LogP contribution in [0.2, 0.25) is 0 Å². The number of aromatic nitrogens is 4. The van der Waals surface area contributed by atoms with Gasteiger partial charge in [-0.1, -0.05) is 0 Å². The fourth-order valence-electron chi connectivity index (χ4n) is 4.73. The number of hydrogen-bond donors (Lipinski definition) is 1. The van der Waals surface area contributed by atoms with Gasteiger partial charge in [0.2, 0.25) is 5.95 Å². The quantitative estimate of drug-likeness (QED) is 0.587. The summed E-state index contributed by atoms with van der Waals surface area (Å²) in [6.07, 6.45) is 4.97. The van der Waals surface area contributed by atoms with Gasteiger partial charge in [0.15, 0.2) is 5.65 Å². The van der Waals surface area contributed by atoms with Gasteiger partial charge < -0.3 is 24.8 Å². The number of likely N-dealkylation sites (N-methyl/N-ethyl adjacent to an activating group) is 1. The van der Waals surface area contributed by atoms with Crippen LogP contribution in [-0.4, -0.2) is 87.6 Å². The fraction of sp³-hybridized carbons (Fsp3) is 0.538. The van der Waals surface area contributed by atoms with Crippen molar-refractivity contribution in [3.05, 3.63) is 36.7 Å². The minimum absolute atomic E-state index is 0.173. The number of fused-ring (bicyclic) bond motifs is 1. The first-order valence-electron chi connectivity index (χ1n) is 12.7. The van der Waals surface area contributed by atoms with Crippen LogP contribution in [0.4, 0.5) is 22.1 Å². The maximum Gasteiger partial charge on any atom is 0.410 e. The molecule has 1 amide bonds. The first kappa shape index (κ1) is 24.3. The molecule has 0 radical (unpaired) electrons. The molecule has 3 aromatic rings.